The first-order valence-corrected chi connectivity index (χ1v) is 11.1. The molecule has 0 aromatic carbocycles. The Bertz CT molecular complexity index is 1460. The molecule has 170 valence electrons. The molecule has 10 heteroatoms. The van der Waals surface area contributed by atoms with E-state index < -0.39 is 0 Å². The summed E-state index contributed by atoms with van der Waals surface area (Å²) in [6.07, 6.45) is 7.36. The second-order valence-electron chi connectivity index (χ2n) is 7.95. The lowest BCUT2D eigenvalue weighted by Crippen LogP contribution is -2.36. The van der Waals surface area contributed by atoms with Crippen molar-refractivity contribution in [1.29, 1.82) is 0 Å². The van der Waals surface area contributed by atoms with Crippen molar-refractivity contribution < 1.29 is 4.74 Å². The van der Waals surface area contributed by atoms with Gasteiger partial charge >= 0.3 is 0 Å². The van der Waals surface area contributed by atoms with Gasteiger partial charge in [0.05, 0.1) is 25.1 Å². The number of aromatic nitrogens is 6. The van der Waals surface area contributed by atoms with Crippen LogP contribution >= 0.6 is 0 Å². The molecule has 0 bridgehead atoms. The quantitative estimate of drug-likeness (QED) is 0.414. The maximum absolute atomic E-state index is 5.47. The second kappa shape index (κ2) is 8.56. The number of nitrogens with zero attached hydrogens (tertiary/aromatic N) is 7. The van der Waals surface area contributed by atoms with Crippen molar-refractivity contribution in [3.63, 3.8) is 0 Å². The molecule has 1 aliphatic rings. The van der Waals surface area contributed by atoms with Gasteiger partial charge in [-0.2, -0.15) is 0 Å². The Morgan fingerprint density at radius 1 is 0.941 bits per heavy atom. The number of anilines is 4. The van der Waals surface area contributed by atoms with Crippen LogP contribution in [0.25, 0.3) is 27.8 Å². The molecule has 0 aliphatic carbocycles. The highest BCUT2D eigenvalue weighted by atomic mass is 16.5. The van der Waals surface area contributed by atoms with E-state index in [1.807, 2.05) is 48.1 Å². The number of fused-ring (bicyclic) bond motifs is 2. The van der Waals surface area contributed by atoms with Gasteiger partial charge in [-0.15, -0.1) is 5.10 Å². The predicted molar refractivity (Wildman–Crippen MR) is 132 cm³/mol. The normalized spacial score (nSPS) is 14.0. The third-order valence-corrected chi connectivity index (χ3v) is 5.86. The number of nitrogens with one attached hydrogen (secondary N) is 2. The summed E-state index contributed by atoms with van der Waals surface area (Å²) in [6.45, 7) is 3.20. The summed E-state index contributed by atoms with van der Waals surface area (Å²) in [6, 6.07) is 11.8. The summed E-state index contributed by atoms with van der Waals surface area (Å²) in [5, 5.41) is 13.0. The fourth-order valence-electron chi connectivity index (χ4n) is 4.14. The van der Waals surface area contributed by atoms with E-state index in [1.54, 1.807) is 18.6 Å². The first-order valence-electron chi connectivity index (χ1n) is 11.1. The van der Waals surface area contributed by atoms with Crippen molar-refractivity contribution >= 4 is 39.6 Å². The zero-order valence-corrected chi connectivity index (χ0v) is 18.6. The Labute approximate surface area is 195 Å². The fraction of sp³-hybridized carbons (Fsp3) is 0.208. The van der Waals surface area contributed by atoms with Gasteiger partial charge in [0.25, 0.3) is 0 Å². The van der Waals surface area contributed by atoms with Crippen LogP contribution in [0.15, 0.2) is 61.2 Å². The minimum Gasteiger partial charge on any atom is -0.378 e. The Hall–Kier alpha value is -4.31. The molecule has 0 spiro atoms. The third-order valence-electron chi connectivity index (χ3n) is 5.86. The molecule has 2 N–H and O–H groups in total. The van der Waals surface area contributed by atoms with Crippen molar-refractivity contribution in [3.8, 4) is 11.4 Å². The van der Waals surface area contributed by atoms with E-state index >= 15 is 0 Å². The number of ether oxygens (including phenoxy) is 1. The summed E-state index contributed by atoms with van der Waals surface area (Å²) in [5.74, 6) is 2.75. The molecule has 1 fully saturated rings. The zero-order chi connectivity index (χ0) is 22.9. The molecular formula is C24H23N9O. The van der Waals surface area contributed by atoms with Gasteiger partial charge in [0.15, 0.2) is 11.5 Å². The van der Waals surface area contributed by atoms with E-state index in [9.17, 15) is 0 Å². The second-order valence-corrected chi connectivity index (χ2v) is 7.95. The number of rotatable bonds is 5. The van der Waals surface area contributed by atoms with Crippen LogP contribution in [0.4, 0.5) is 23.1 Å². The largest absolute Gasteiger partial charge is 0.378 e. The first-order chi connectivity index (χ1) is 16.8. The van der Waals surface area contributed by atoms with Gasteiger partial charge in [-0.25, -0.2) is 24.5 Å². The molecule has 0 unspecified atom stereocenters. The van der Waals surface area contributed by atoms with Gasteiger partial charge in [0.2, 0.25) is 0 Å². The minimum atomic E-state index is 0.606. The smallest absolute Gasteiger partial charge is 0.184 e. The Morgan fingerprint density at radius 3 is 2.68 bits per heavy atom. The van der Waals surface area contributed by atoms with Crippen molar-refractivity contribution in [2.45, 2.75) is 0 Å². The molecule has 5 aromatic rings. The lowest BCUT2D eigenvalue weighted by atomic mass is 10.1. The van der Waals surface area contributed by atoms with Gasteiger partial charge in [0.1, 0.15) is 17.5 Å². The molecule has 6 heterocycles. The molecule has 10 nitrogen and oxygen atoms in total. The maximum atomic E-state index is 5.47. The van der Waals surface area contributed by atoms with E-state index in [1.165, 1.54) is 0 Å². The number of morpholine rings is 1. The Balaban J connectivity index is 1.43. The molecule has 0 radical (unpaired) electrons. The number of pyridine rings is 4. The molecule has 0 atom stereocenters. The lowest BCUT2D eigenvalue weighted by molar-refractivity contribution is 0.122. The molecular weight excluding hydrogens is 430 g/mol. The van der Waals surface area contributed by atoms with Crippen LogP contribution in [0.1, 0.15) is 0 Å². The highest BCUT2D eigenvalue weighted by molar-refractivity contribution is 6.01. The summed E-state index contributed by atoms with van der Waals surface area (Å²) in [5.41, 5.74) is 2.71. The van der Waals surface area contributed by atoms with Gasteiger partial charge in [-0.1, -0.05) is 6.07 Å². The lowest BCUT2D eigenvalue weighted by Gasteiger charge is -2.28. The van der Waals surface area contributed by atoms with Crippen LogP contribution in [0.5, 0.6) is 0 Å². The van der Waals surface area contributed by atoms with E-state index in [2.05, 4.69) is 36.6 Å². The minimum absolute atomic E-state index is 0.606. The standard InChI is InChI=1S/C24H23N9O/c1-25-23-18-13-27-21(29-20-4-2-3-7-26-20)12-17(18)19(14-28-23)24-30-22-6-5-16(15-33(22)31-24)32-8-10-34-11-9-32/h2-7,12-15H,8-11H2,1H3,(H,25,28)(H,26,27,29). The van der Waals surface area contributed by atoms with E-state index in [0.29, 0.717) is 11.6 Å². The summed E-state index contributed by atoms with van der Waals surface area (Å²) >= 11 is 0. The molecule has 0 amide bonds. The summed E-state index contributed by atoms with van der Waals surface area (Å²) in [4.78, 5) is 20.5. The number of hydrogen-bond acceptors (Lipinski definition) is 9. The van der Waals surface area contributed by atoms with Crippen molar-refractivity contribution in [2.24, 2.45) is 0 Å². The van der Waals surface area contributed by atoms with Crippen molar-refractivity contribution in [3.05, 3.63) is 61.2 Å². The maximum Gasteiger partial charge on any atom is 0.184 e. The average Bonchev–Trinajstić information content (AvgIpc) is 3.32. The van der Waals surface area contributed by atoms with E-state index in [4.69, 9.17) is 14.8 Å². The monoisotopic (exact) mass is 453 g/mol. The average molecular weight is 454 g/mol. The van der Waals surface area contributed by atoms with Crippen molar-refractivity contribution in [1.82, 2.24) is 29.5 Å². The SMILES string of the molecule is CNc1ncc(-c2nc3ccc(N4CCOCC4)cn3n2)c2cc(Nc3ccccn3)ncc12. The van der Waals surface area contributed by atoms with Crippen LogP contribution < -0.4 is 15.5 Å². The van der Waals surface area contributed by atoms with Gasteiger partial charge in [0, 0.05) is 55.1 Å². The highest BCUT2D eigenvalue weighted by Gasteiger charge is 2.16. The highest BCUT2D eigenvalue weighted by Crippen LogP contribution is 2.32. The van der Waals surface area contributed by atoms with Crippen LogP contribution in [0.3, 0.4) is 0 Å². The third kappa shape index (κ3) is 3.73. The summed E-state index contributed by atoms with van der Waals surface area (Å²) < 4.78 is 7.30. The van der Waals surface area contributed by atoms with E-state index in [-0.39, 0.29) is 0 Å². The first kappa shape index (κ1) is 20.3. The molecule has 1 aliphatic heterocycles. The fourth-order valence-corrected chi connectivity index (χ4v) is 4.14. The van der Waals surface area contributed by atoms with Crippen LogP contribution in [0, 0.1) is 0 Å². The molecule has 1 saturated heterocycles. The van der Waals surface area contributed by atoms with E-state index in [0.717, 1.165) is 65.6 Å². The Kier molecular flexibility index (Phi) is 5.11. The molecule has 34 heavy (non-hydrogen) atoms. The van der Waals surface area contributed by atoms with Crippen LogP contribution in [-0.2, 0) is 4.74 Å². The van der Waals surface area contributed by atoms with Gasteiger partial charge in [-0.05, 0) is 30.3 Å². The van der Waals surface area contributed by atoms with Crippen molar-refractivity contribution in [2.75, 3.05) is 48.9 Å². The van der Waals surface area contributed by atoms with Crippen LogP contribution in [0.2, 0.25) is 0 Å². The molecule has 5 aromatic heterocycles. The molecule has 6 rings (SSSR count). The van der Waals surface area contributed by atoms with Gasteiger partial charge in [-0.3, -0.25) is 0 Å². The topological polar surface area (TPSA) is 105 Å². The Morgan fingerprint density at radius 2 is 1.85 bits per heavy atom. The zero-order valence-electron chi connectivity index (χ0n) is 18.6. The number of hydrogen-bond donors (Lipinski definition) is 2. The predicted octanol–water partition coefficient (Wildman–Crippen LogP) is 3.36. The van der Waals surface area contributed by atoms with Gasteiger partial charge < -0.3 is 20.3 Å². The van der Waals surface area contributed by atoms with Crippen LogP contribution in [-0.4, -0.2) is 62.9 Å². The molecule has 0 saturated carbocycles. The summed E-state index contributed by atoms with van der Waals surface area (Å²) in [7, 11) is 1.85.